The molecule has 0 spiro atoms. The highest BCUT2D eigenvalue weighted by Gasteiger charge is 2.26. The molecule has 0 radical (unpaired) electrons. The van der Waals surface area contributed by atoms with Gasteiger partial charge in [0.1, 0.15) is 5.75 Å². The monoisotopic (exact) mass is 249 g/mol. The largest absolute Gasteiger partial charge is 0.495 e. The van der Waals surface area contributed by atoms with Gasteiger partial charge in [-0.3, -0.25) is 0 Å². The molecule has 0 atom stereocenters. The van der Waals surface area contributed by atoms with E-state index in [-0.39, 0.29) is 6.61 Å². The number of methoxy groups -OCH3 is 1. The molecule has 0 bridgehead atoms. The summed E-state index contributed by atoms with van der Waals surface area (Å²) in [6.45, 7) is 1.49. The summed E-state index contributed by atoms with van der Waals surface area (Å²) in [6, 6.07) is 0. The van der Waals surface area contributed by atoms with E-state index in [1.165, 1.54) is 6.92 Å². The number of hydrogen-bond donors (Lipinski definition) is 0. The van der Waals surface area contributed by atoms with E-state index in [1.54, 1.807) is 0 Å². The maximum atomic E-state index is 13.3. The van der Waals surface area contributed by atoms with Gasteiger partial charge in [-0.1, -0.05) is 0 Å². The first-order chi connectivity index (χ1) is 8.02. The number of carbonyl (C=O) groups excluding carboxylic acids is 1. The summed E-state index contributed by atoms with van der Waals surface area (Å²) in [5.41, 5.74) is -1.37. The molecule has 0 saturated carbocycles. The molecule has 0 aliphatic carbocycles. The molecule has 1 aromatic rings. The Balaban J connectivity index is 3.35. The molecular weight excluding hydrogens is 239 g/mol. The lowest BCUT2D eigenvalue weighted by Crippen LogP contribution is -2.12. The Morgan fingerprint density at radius 1 is 1.53 bits per heavy atom. The van der Waals surface area contributed by atoms with Crippen LogP contribution >= 0.6 is 0 Å². The Morgan fingerprint density at radius 2 is 2.18 bits per heavy atom. The fourth-order valence-electron chi connectivity index (χ4n) is 1.24. The molecule has 17 heavy (non-hydrogen) atoms. The van der Waals surface area contributed by atoms with Gasteiger partial charge in [0.25, 0.3) is 6.43 Å². The van der Waals surface area contributed by atoms with Crippen molar-refractivity contribution >= 4 is 5.97 Å². The summed E-state index contributed by atoms with van der Waals surface area (Å²) in [6.07, 6.45) is -2.30. The lowest BCUT2D eigenvalue weighted by molar-refractivity contribution is 0.0514. The van der Waals surface area contributed by atoms with Crippen LogP contribution in [0.3, 0.4) is 0 Å². The van der Waals surface area contributed by atoms with E-state index in [4.69, 9.17) is 0 Å². The molecule has 1 rings (SSSR count). The molecule has 1 heterocycles. The predicted octanol–water partition coefficient (Wildman–Crippen LogP) is 2.34. The van der Waals surface area contributed by atoms with Gasteiger partial charge in [-0.2, -0.15) is 4.39 Å². The number of rotatable bonds is 4. The summed E-state index contributed by atoms with van der Waals surface area (Å²) >= 11 is 0. The van der Waals surface area contributed by atoms with Crippen LogP contribution in [0.25, 0.3) is 0 Å². The number of halogens is 3. The van der Waals surface area contributed by atoms with Crippen molar-refractivity contribution in [3.8, 4) is 5.75 Å². The first-order valence-corrected chi connectivity index (χ1v) is 4.70. The minimum absolute atomic E-state index is 0.0136. The zero-order valence-corrected chi connectivity index (χ0v) is 9.17. The van der Waals surface area contributed by atoms with Crippen molar-refractivity contribution < 1.29 is 27.4 Å². The molecule has 0 saturated heterocycles. The number of aromatic nitrogens is 1. The van der Waals surface area contributed by atoms with Crippen LogP contribution in [-0.4, -0.2) is 24.7 Å². The fourth-order valence-corrected chi connectivity index (χ4v) is 1.24. The smallest absolute Gasteiger partial charge is 0.346 e. The Labute approximate surface area is 95.4 Å². The van der Waals surface area contributed by atoms with Gasteiger partial charge in [0, 0.05) is 6.20 Å². The minimum Gasteiger partial charge on any atom is -0.495 e. The van der Waals surface area contributed by atoms with Crippen molar-refractivity contribution in [1.82, 2.24) is 4.98 Å². The van der Waals surface area contributed by atoms with Crippen LogP contribution in [0.15, 0.2) is 6.20 Å². The zero-order chi connectivity index (χ0) is 13.0. The Hall–Kier alpha value is -1.79. The molecule has 0 amide bonds. The predicted molar refractivity (Wildman–Crippen MR) is 51.7 cm³/mol. The molecule has 1 aromatic heterocycles. The number of esters is 1. The van der Waals surface area contributed by atoms with Crippen LogP contribution < -0.4 is 4.74 Å². The van der Waals surface area contributed by atoms with Gasteiger partial charge < -0.3 is 9.47 Å². The van der Waals surface area contributed by atoms with Crippen LogP contribution in [0.1, 0.15) is 29.3 Å². The van der Waals surface area contributed by atoms with Crippen molar-refractivity contribution in [2.24, 2.45) is 0 Å². The molecule has 0 N–H and O–H groups in total. The van der Waals surface area contributed by atoms with Crippen molar-refractivity contribution in [2.75, 3.05) is 13.7 Å². The Bertz CT molecular complexity index is 424. The van der Waals surface area contributed by atoms with Crippen molar-refractivity contribution in [3.05, 3.63) is 23.3 Å². The highest BCUT2D eigenvalue weighted by Crippen LogP contribution is 2.32. The number of carbonyl (C=O) groups is 1. The number of nitrogens with zero attached hydrogens (tertiary/aromatic N) is 1. The second kappa shape index (κ2) is 5.51. The average molecular weight is 249 g/mol. The quantitative estimate of drug-likeness (QED) is 0.607. The van der Waals surface area contributed by atoms with Gasteiger partial charge in [-0.15, -0.1) is 0 Å². The van der Waals surface area contributed by atoms with E-state index >= 15 is 0 Å². The van der Waals surface area contributed by atoms with Gasteiger partial charge >= 0.3 is 5.97 Å². The van der Waals surface area contributed by atoms with Crippen LogP contribution in [0.4, 0.5) is 13.2 Å². The number of pyridine rings is 1. The Morgan fingerprint density at radius 3 is 2.65 bits per heavy atom. The average Bonchev–Trinajstić information content (AvgIpc) is 2.28. The van der Waals surface area contributed by atoms with Crippen LogP contribution in [0, 0.1) is 5.95 Å². The summed E-state index contributed by atoms with van der Waals surface area (Å²) < 4.78 is 47.6. The van der Waals surface area contributed by atoms with E-state index < -0.39 is 35.2 Å². The maximum absolute atomic E-state index is 13.3. The minimum atomic E-state index is -2.92. The fraction of sp³-hybridized carbons (Fsp3) is 0.400. The summed E-state index contributed by atoms with van der Waals surface area (Å²) in [4.78, 5) is 14.5. The summed E-state index contributed by atoms with van der Waals surface area (Å²) in [5.74, 6) is -2.84. The SMILES string of the molecule is CCOC(=O)c1c(F)ncc(C(F)F)c1OC. The van der Waals surface area contributed by atoms with E-state index in [1.807, 2.05) is 0 Å². The van der Waals surface area contributed by atoms with Crippen molar-refractivity contribution in [1.29, 1.82) is 0 Å². The number of hydrogen-bond acceptors (Lipinski definition) is 4. The lowest BCUT2D eigenvalue weighted by Gasteiger charge is -2.12. The molecule has 0 fully saturated rings. The maximum Gasteiger partial charge on any atom is 0.346 e. The zero-order valence-electron chi connectivity index (χ0n) is 9.17. The van der Waals surface area contributed by atoms with Gasteiger partial charge in [0.15, 0.2) is 5.56 Å². The van der Waals surface area contributed by atoms with Gasteiger partial charge in [-0.05, 0) is 6.92 Å². The number of alkyl halides is 2. The van der Waals surface area contributed by atoms with Crippen LogP contribution in [0.5, 0.6) is 5.75 Å². The highest BCUT2D eigenvalue weighted by molar-refractivity contribution is 5.93. The van der Waals surface area contributed by atoms with E-state index in [0.717, 1.165) is 7.11 Å². The first kappa shape index (κ1) is 13.3. The standard InChI is InChI=1S/C10H10F3NO3/c1-3-17-10(15)6-7(16-2)5(8(11)12)4-14-9(6)13/h4,8H,3H2,1-2H3. The first-order valence-electron chi connectivity index (χ1n) is 4.70. The Kier molecular flexibility index (Phi) is 4.30. The lowest BCUT2D eigenvalue weighted by atomic mass is 10.1. The summed E-state index contributed by atoms with van der Waals surface area (Å²) in [7, 11) is 1.06. The third kappa shape index (κ3) is 2.66. The molecule has 0 unspecified atom stereocenters. The van der Waals surface area contributed by atoms with Crippen LogP contribution in [-0.2, 0) is 4.74 Å². The van der Waals surface area contributed by atoms with E-state index in [0.29, 0.717) is 6.20 Å². The van der Waals surface area contributed by atoms with Gasteiger partial charge in [0.2, 0.25) is 5.95 Å². The molecular formula is C10H10F3NO3. The molecule has 0 aliphatic heterocycles. The molecule has 94 valence electrons. The number of ether oxygens (including phenoxy) is 2. The van der Waals surface area contributed by atoms with Gasteiger partial charge in [-0.25, -0.2) is 18.6 Å². The third-order valence-corrected chi connectivity index (χ3v) is 1.93. The van der Waals surface area contributed by atoms with Gasteiger partial charge in [0.05, 0.1) is 19.3 Å². The second-order valence-electron chi connectivity index (χ2n) is 2.93. The van der Waals surface area contributed by atoms with Crippen LogP contribution in [0.2, 0.25) is 0 Å². The second-order valence-corrected chi connectivity index (χ2v) is 2.93. The molecule has 0 aromatic carbocycles. The molecule has 4 nitrogen and oxygen atoms in total. The summed E-state index contributed by atoms with van der Waals surface area (Å²) in [5, 5.41) is 0. The molecule has 0 aliphatic rings. The third-order valence-electron chi connectivity index (χ3n) is 1.93. The van der Waals surface area contributed by atoms with Crippen molar-refractivity contribution in [2.45, 2.75) is 13.3 Å². The molecule has 7 heteroatoms. The highest BCUT2D eigenvalue weighted by atomic mass is 19.3. The van der Waals surface area contributed by atoms with E-state index in [2.05, 4.69) is 14.5 Å². The normalized spacial score (nSPS) is 10.5. The topological polar surface area (TPSA) is 48.4 Å². The van der Waals surface area contributed by atoms with Crippen molar-refractivity contribution in [3.63, 3.8) is 0 Å². The van der Waals surface area contributed by atoms with E-state index in [9.17, 15) is 18.0 Å².